The summed E-state index contributed by atoms with van der Waals surface area (Å²) in [5.41, 5.74) is 5.70. The van der Waals surface area contributed by atoms with E-state index in [1.54, 1.807) is 18.0 Å². The highest BCUT2D eigenvalue weighted by Gasteiger charge is 2.36. The molecule has 1 amide bonds. The first-order chi connectivity index (χ1) is 9.10. The Kier molecular flexibility index (Phi) is 4.04. The molecule has 0 spiro atoms. The van der Waals surface area contributed by atoms with Crippen molar-refractivity contribution in [3.8, 4) is 5.75 Å². The first-order valence-corrected chi connectivity index (χ1v) is 6.39. The van der Waals surface area contributed by atoms with Crippen molar-refractivity contribution >= 4 is 5.91 Å². The average molecular weight is 266 g/mol. The molecule has 1 aromatic rings. The van der Waals surface area contributed by atoms with E-state index < -0.39 is 5.82 Å². The van der Waals surface area contributed by atoms with E-state index in [9.17, 15) is 9.18 Å². The highest BCUT2D eigenvalue weighted by molar-refractivity contribution is 5.97. The summed E-state index contributed by atoms with van der Waals surface area (Å²) in [5, 5.41) is 0. The second kappa shape index (κ2) is 5.57. The largest absolute Gasteiger partial charge is 0.496 e. The zero-order chi connectivity index (χ0) is 14.0. The number of rotatable bonds is 5. The van der Waals surface area contributed by atoms with Crippen molar-refractivity contribution in [1.82, 2.24) is 4.90 Å². The van der Waals surface area contributed by atoms with Crippen molar-refractivity contribution < 1.29 is 13.9 Å². The topological polar surface area (TPSA) is 55.6 Å². The summed E-state index contributed by atoms with van der Waals surface area (Å²) in [4.78, 5) is 14.0. The number of methoxy groups -OCH3 is 1. The second-order valence-electron chi connectivity index (χ2n) is 4.87. The summed E-state index contributed by atoms with van der Waals surface area (Å²) in [6, 6.07) is 4.33. The predicted octanol–water partition coefficient (Wildman–Crippen LogP) is 1.64. The van der Waals surface area contributed by atoms with Gasteiger partial charge in [0.15, 0.2) is 0 Å². The van der Waals surface area contributed by atoms with Gasteiger partial charge in [0.25, 0.3) is 5.91 Å². The molecule has 104 valence electrons. The van der Waals surface area contributed by atoms with Crippen LogP contribution in [0.25, 0.3) is 0 Å². The molecule has 2 N–H and O–H groups in total. The van der Waals surface area contributed by atoms with Crippen LogP contribution in [0.15, 0.2) is 18.2 Å². The van der Waals surface area contributed by atoms with Gasteiger partial charge in [-0.15, -0.1) is 0 Å². The van der Waals surface area contributed by atoms with E-state index in [0.29, 0.717) is 12.5 Å². The number of nitrogens with zero attached hydrogens (tertiary/aromatic N) is 1. The van der Waals surface area contributed by atoms with Crippen molar-refractivity contribution in [2.45, 2.75) is 18.9 Å². The number of benzene rings is 1. The molecule has 1 aliphatic carbocycles. The Morgan fingerprint density at radius 3 is 2.79 bits per heavy atom. The van der Waals surface area contributed by atoms with Crippen LogP contribution < -0.4 is 10.5 Å². The van der Waals surface area contributed by atoms with Crippen LogP contribution in [0, 0.1) is 11.7 Å². The molecule has 1 atom stereocenters. The van der Waals surface area contributed by atoms with E-state index >= 15 is 0 Å². The molecule has 0 radical (unpaired) electrons. The zero-order valence-corrected chi connectivity index (χ0v) is 11.2. The van der Waals surface area contributed by atoms with Crippen molar-refractivity contribution in [2.75, 3.05) is 20.7 Å². The SMILES string of the molecule is COc1cccc(F)c1C(=O)N(C)C(CN)C1CC1. The van der Waals surface area contributed by atoms with Crippen LogP contribution in [0.1, 0.15) is 23.2 Å². The van der Waals surface area contributed by atoms with Crippen molar-refractivity contribution in [3.63, 3.8) is 0 Å². The smallest absolute Gasteiger partial charge is 0.260 e. The van der Waals surface area contributed by atoms with E-state index in [0.717, 1.165) is 12.8 Å². The van der Waals surface area contributed by atoms with Gasteiger partial charge < -0.3 is 15.4 Å². The normalized spacial score (nSPS) is 16.0. The summed E-state index contributed by atoms with van der Waals surface area (Å²) in [6.07, 6.45) is 2.15. The van der Waals surface area contributed by atoms with Gasteiger partial charge in [0.1, 0.15) is 17.1 Å². The maximum Gasteiger partial charge on any atom is 0.260 e. The van der Waals surface area contributed by atoms with Crippen LogP contribution in [0.4, 0.5) is 4.39 Å². The fraction of sp³-hybridized carbons (Fsp3) is 0.500. The molecule has 5 heteroatoms. The standard InChI is InChI=1S/C14H19FN2O2/c1-17(11(8-16)9-6-7-9)14(18)13-10(15)4-3-5-12(13)19-2/h3-5,9,11H,6-8,16H2,1-2H3. The molecular weight excluding hydrogens is 247 g/mol. The lowest BCUT2D eigenvalue weighted by Crippen LogP contribution is -2.43. The third-order valence-corrected chi connectivity index (χ3v) is 3.63. The number of halogens is 1. The molecule has 1 aromatic carbocycles. The van der Waals surface area contributed by atoms with Crippen LogP contribution in [0.2, 0.25) is 0 Å². The Hall–Kier alpha value is -1.62. The number of nitrogens with two attached hydrogens (primary N) is 1. The molecule has 0 heterocycles. The van der Waals surface area contributed by atoms with Gasteiger partial charge in [-0.1, -0.05) is 6.07 Å². The summed E-state index contributed by atoms with van der Waals surface area (Å²) < 4.78 is 18.9. The lowest BCUT2D eigenvalue weighted by Gasteiger charge is -2.27. The minimum absolute atomic E-state index is 0.0217. The zero-order valence-electron chi connectivity index (χ0n) is 11.2. The minimum atomic E-state index is -0.567. The van der Waals surface area contributed by atoms with Crippen LogP contribution >= 0.6 is 0 Å². The van der Waals surface area contributed by atoms with E-state index in [1.165, 1.54) is 19.2 Å². The van der Waals surface area contributed by atoms with Gasteiger partial charge in [0, 0.05) is 19.6 Å². The van der Waals surface area contributed by atoms with Gasteiger partial charge in [-0.25, -0.2) is 4.39 Å². The predicted molar refractivity (Wildman–Crippen MR) is 70.6 cm³/mol. The summed E-state index contributed by atoms with van der Waals surface area (Å²) in [5.74, 6) is -0.250. The van der Waals surface area contributed by atoms with Crippen LogP contribution in [-0.2, 0) is 0 Å². The molecule has 1 saturated carbocycles. The Bertz CT molecular complexity index is 475. The number of likely N-dealkylation sites (N-methyl/N-ethyl adjacent to an activating group) is 1. The summed E-state index contributed by atoms with van der Waals surface area (Å²) in [6.45, 7) is 0.393. The Labute approximate surface area is 112 Å². The van der Waals surface area contributed by atoms with E-state index in [4.69, 9.17) is 10.5 Å². The Morgan fingerprint density at radius 1 is 1.58 bits per heavy atom. The Morgan fingerprint density at radius 2 is 2.26 bits per heavy atom. The van der Waals surface area contributed by atoms with Gasteiger partial charge in [-0.05, 0) is 30.9 Å². The van der Waals surface area contributed by atoms with E-state index in [2.05, 4.69) is 0 Å². The maximum absolute atomic E-state index is 13.9. The molecule has 2 rings (SSSR count). The number of ether oxygens (including phenoxy) is 1. The molecular formula is C14H19FN2O2. The van der Waals surface area contributed by atoms with Gasteiger partial charge in [0.05, 0.1) is 7.11 Å². The molecule has 1 unspecified atom stereocenters. The third-order valence-electron chi connectivity index (χ3n) is 3.63. The molecule has 0 aliphatic heterocycles. The molecule has 0 aromatic heterocycles. The van der Waals surface area contributed by atoms with Crippen molar-refractivity contribution in [1.29, 1.82) is 0 Å². The Balaban J connectivity index is 2.28. The van der Waals surface area contributed by atoms with E-state index in [-0.39, 0.29) is 23.3 Å². The van der Waals surface area contributed by atoms with Crippen LogP contribution in [-0.4, -0.2) is 37.6 Å². The quantitative estimate of drug-likeness (QED) is 0.881. The van der Waals surface area contributed by atoms with Crippen molar-refractivity contribution in [3.05, 3.63) is 29.6 Å². The molecule has 4 nitrogen and oxygen atoms in total. The number of carbonyl (C=O) groups excluding carboxylic acids is 1. The van der Waals surface area contributed by atoms with Gasteiger partial charge in [-0.3, -0.25) is 4.79 Å². The number of hydrogen-bond acceptors (Lipinski definition) is 3. The molecule has 0 bridgehead atoms. The fourth-order valence-electron chi connectivity index (χ4n) is 2.36. The monoisotopic (exact) mass is 266 g/mol. The van der Waals surface area contributed by atoms with Crippen molar-refractivity contribution in [2.24, 2.45) is 11.7 Å². The molecule has 0 saturated heterocycles. The highest BCUT2D eigenvalue weighted by atomic mass is 19.1. The second-order valence-corrected chi connectivity index (χ2v) is 4.87. The minimum Gasteiger partial charge on any atom is -0.496 e. The molecule has 19 heavy (non-hydrogen) atoms. The number of hydrogen-bond donors (Lipinski definition) is 1. The number of carbonyl (C=O) groups is 1. The van der Waals surface area contributed by atoms with Crippen LogP contribution in [0.5, 0.6) is 5.75 Å². The fourth-order valence-corrected chi connectivity index (χ4v) is 2.36. The van der Waals surface area contributed by atoms with E-state index in [1.807, 2.05) is 0 Å². The first-order valence-electron chi connectivity index (χ1n) is 6.39. The maximum atomic E-state index is 13.9. The lowest BCUT2D eigenvalue weighted by atomic mass is 10.1. The van der Waals surface area contributed by atoms with Gasteiger partial charge in [-0.2, -0.15) is 0 Å². The van der Waals surface area contributed by atoms with Gasteiger partial charge in [0.2, 0.25) is 0 Å². The summed E-state index contributed by atoms with van der Waals surface area (Å²) >= 11 is 0. The summed E-state index contributed by atoms with van der Waals surface area (Å²) in [7, 11) is 3.09. The highest BCUT2D eigenvalue weighted by Crippen LogP contribution is 2.35. The number of amides is 1. The van der Waals surface area contributed by atoms with Crippen LogP contribution in [0.3, 0.4) is 0 Å². The molecule has 1 aliphatic rings. The lowest BCUT2D eigenvalue weighted by molar-refractivity contribution is 0.0710. The van der Waals surface area contributed by atoms with Gasteiger partial charge >= 0.3 is 0 Å². The molecule has 1 fully saturated rings. The average Bonchev–Trinajstić information content (AvgIpc) is 3.23. The third kappa shape index (κ3) is 2.71. The first kappa shape index (κ1) is 13.8.